The number of hydrogen-bond donors (Lipinski definition) is 0. The molecule has 0 amide bonds. The highest BCUT2D eigenvalue weighted by atomic mass is 35.5. The van der Waals surface area contributed by atoms with Crippen molar-refractivity contribution in [2.45, 2.75) is 12.5 Å². The van der Waals surface area contributed by atoms with Gasteiger partial charge in [-0.1, -0.05) is 17.7 Å². The third-order valence-electron chi connectivity index (χ3n) is 2.71. The van der Waals surface area contributed by atoms with Crippen LogP contribution in [0.1, 0.15) is 16.7 Å². The summed E-state index contributed by atoms with van der Waals surface area (Å²) in [4.78, 5) is 0. The Kier molecular flexibility index (Phi) is 4.84. The highest BCUT2D eigenvalue weighted by molar-refractivity contribution is 6.30. The van der Waals surface area contributed by atoms with Crippen LogP contribution in [0.2, 0.25) is 5.02 Å². The molecule has 0 spiro atoms. The van der Waals surface area contributed by atoms with Crippen LogP contribution in [0.5, 0.6) is 5.75 Å². The van der Waals surface area contributed by atoms with Crippen molar-refractivity contribution in [3.63, 3.8) is 0 Å². The minimum absolute atomic E-state index is 0.000210. The molecule has 0 bridgehead atoms. The highest BCUT2D eigenvalue weighted by Crippen LogP contribution is 2.25. The largest absolute Gasteiger partial charge is 0.489 e. The van der Waals surface area contributed by atoms with E-state index in [-0.39, 0.29) is 18.1 Å². The number of rotatable bonds is 4. The fourth-order valence-electron chi connectivity index (χ4n) is 1.70. The molecule has 0 aromatic heterocycles. The fraction of sp³-hybridized carbons (Fsp3) is 0.133. The van der Waals surface area contributed by atoms with Crippen LogP contribution in [-0.2, 0) is 12.5 Å². The molecule has 102 valence electrons. The molecule has 5 heteroatoms. The van der Waals surface area contributed by atoms with Gasteiger partial charge in [0.25, 0.3) is 0 Å². The molecule has 0 aliphatic heterocycles. The third kappa shape index (κ3) is 3.41. The maximum atomic E-state index is 13.2. The van der Waals surface area contributed by atoms with Gasteiger partial charge in [-0.15, -0.1) is 11.6 Å². The standard InChI is InChI=1S/C15H10Cl2FNO/c16-7-11-6-13(17)2-4-15(11)20-9-10-1-3-14(18)12(5-10)8-19/h1-6H,7,9H2. The lowest BCUT2D eigenvalue weighted by atomic mass is 10.1. The Bertz CT molecular complexity index is 667. The van der Waals surface area contributed by atoms with Crippen molar-refractivity contribution in [1.82, 2.24) is 0 Å². The lowest BCUT2D eigenvalue weighted by Gasteiger charge is -2.10. The van der Waals surface area contributed by atoms with Crippen molar-refractivity contribution in [2.75, 3.05) is 0 Å². The first-order valence-corrected chi connectivity index (χ1v) is 6.71. The maximum Gasteiger partial charge on any atom is 0.140 e. The van der Waals surface area contributed by atoms with Crippen molar-refractivity contribution in [2.24, 2.45) is 0 Å². The van der Waals surface area contributed by atoms with Gasteiger partial charge in [0.15, 0.2) is 0 Å². The van der Waals surface area contributed by atoms with Gasteiger partial charge in [-0.05, 0) is 35.9 Å². The van der Waals surface area contributed by atoms with E-state index < -0.39 is 5.82 Å². The average molecular weight is 310 g/mol. The van der Waals surface area contributed by atoms with Gasteiger partial charge in [-0.25, -0.2) is 4.39 Å². The molecule has 2 aromatic rings. The monoisotopic (exact) mass is 309 g/mol. The molecule has 0 heterocycles. The summed E-state index contributed by atoms with van der Waals surface area (Å²) in [6.07, 6.45) is 0. The summed E-state index contributed by atoms with van der Waals surface area (Å²) in [5, 5.41) is 9.36. The van der Waals surface area contributed by atoms with Crippen LogP contribution in [0.3, 0.4) is 0 Å². The number of alkyl halides is 1. The lowest BCUT2D eigenvalue weighted by molar-refractivity contribution is 0.303. The van der Waals surface area contributed by atoms with Gasteiger partial charge >= 0.3 is 0 Å². The second-order valence-corrected chi connectivity index (χ2v) is 4.80. The Morgan fingerprint density at radius 3 is 2.70 bits per heavy atom. The van der Waals surface area contributed by atoms with Crippen LogP contribution in [0.15, 0.2) is 36.4 Å². The molecular weight excluding hydrogens is 300 g/mol. The molecule has 2 rings (SSSR count). The Balaban J connectivity index is 2.15. The molecule has 0 aliphatic carbocycles. The van der Waals surface area contributed by atoms with Gasteiger partial charge in [0.2, 0.25) is 0 Å². The minimum atomic E-state index is -0.538. The van der Waals surface area contributed by atoms with Crippen LogP contribution >= 0.6 is 23.2 Å². The highest BCUT2D eigenvalue weighted by Gasteiger charge is 2.06. The quantitative estimate of drug-likeness (QED) is 0.769. The number of hydrogen-bond acceptors (Lipinski definition) is 2. The number of nitrogens with zero attached hydrogens (tertiary/aromatic N) is 1. The summed E-state index contributed by atoms with van der Waals surface area (Å²) in [5.41, 5.74) is 1.49. The molecule has 0 saturated carbocycles. The lowest BCUT2D eigenvalue weighted by Crippen LogP contribution is -1.99. The van der Waals surface area contributed by atoms with Crippen molar-refractivity contribution in [3.05, 3.63) is 63.9 Å². The van der Waals surface area contributed by atoms with Crippen LogP contribution in [-0.4, -0.2) is 0 Å². The molecule has 0 saturated heterocycles. The predicted octanol–water partition coefficient (Wildman–Crippen LogP) is 4.67. The topological polar surface area (TPSA) is 33.0 Å². The van der Waals surface area contributed by atoms with Crippen LogP contribution < -0.4 is 4.74 Å². The molecule has 2 nitrogen and oxygen atoms in total. The van der Waals surface area contributed by atoms with Crippen molar-refractivity contribution < 1.29 is 9.13 Å². The van der Waals surface area contributed by atoms with E-state index in [9.17, 15) is 4.39 Å². The Morgan fingerprint density at radius 2 is 2.00 bits per heavy atom. The summed E-state index contributed by atoms with van der Waals surface area (Å²) in [7, 11) is 0. The number of nitriles is 1. The van der Waals surface area contributed by atoms with Gasteiger partial charge in [0.05, 0.1) is 11.4 Å². The normalized spacial score (nSPS) is 10.1. The summed E-state index contributed by atoms with van der Waals surface area (Å²) >= 11 is 11.7. The first-order chi connectivity index (χ1) is 9.63. The van der Waals surface area contributed by atoms with Gasteiger partial charge in [-0.3, -0.25) is 0 Å². The SMILES string of the molecule is N#Cc1cc(COc2ccc(Cl)cc2CCl)ccc1F. The van der Waals surface area contributed by atoms with E-state index in [0.29, 0.717) is 16.3 Å². The Hall–Kier alpha value is -1.76. The van der Waals surface area contributed by atoms with E-state index in [2.05, 4.69) is 0 Å². The van der Waals surface area contributed by atoms with Gasteiger partial charge in [0.1, 0.15) is 24.2 Å². The van der Waals surface area contributed by atoms with E-state index in [0.717, 1.165) is 5.56 Å². The van der Waals surface area contributed by atoms with Crippen molar-refractivity contribution in [3.8, 4) is 11.8 Å². The van der Waals surface area contributed by atoms with E-state index in [1.165, 1.54) is 12.1 Å². The van der Waals surface area contributed by atoms with Gasteiger partial charge < -0.3 is 4.74 Å². The molecule has 0 fully saturated rings. The van der Waals surface area contributed by atoms with Crippen LogP contribution in [0.4, 0.5) is 4.39 Å². The molecule has 0 atom stereocenters. The maximum absolute atomic E-state index is 13.2. The zero-order chi connectivity index (χ0) is 14.5. The van der Waals surface area contributed by atoms with Crippen LogP contribution in [0.25, 0.3) is 0 Å². The van der Waals surface area contributed by atoms with E-state index in [1.54, 1.807) is 30.3 Å². The molecular formula is C15H10Cl2FNO. The van der Waals surface area contributed by atoms with E-state index in [4.69, 9.17) is 33.2 Å². The number of benzene rings is 2. The van der Waals surface area contributed by atoms with Crippen LogP contribution in [0, 0.1) is 17.1 Å². The fourth-order valence-corrected chi connectivity index (χ4v) is 2.11. The Morgan fingerprint density at radius 1 is 1.20 bits per heavy atom. The average Bonchev–Trinajstić information content (AvgIpc) is 2.47. The van der Waals surface area contributed by atoms with Crippen molar-refractivity contribution in [1.29, 1.82) is 5.26 Å². The third-order valence-corrected chi connectivity index (χ3v) is 3.24. The zero-order valence-electron chi connectivity index (χ0n) is 10.4. The number of ether oxygens (including phenoxy) is 1. The summed E-state index contributed by atoms with van der Waals surface area (Å²) in [6.45, 7) is 0.223. The molecule has 0 radical (unpaired) electrons. The van der Waals surface area contributed by atoms with Gasteiger partial charge in [0, 0.05) is 10.6 Å². The first-order valence-electron chi connectivity index (χ1n) is 5.79. The molecule has 2 aromatic carbocycles. The molecule has 0 N–H and O–H groups in total. The second-order valence-electron chi connectivity index (χ2n) is 4.10. The summed E-state index contributed by atoms with van der Waals surface area (Å²) < 4.78 is 18.8. The summed E-state index contributed by atoms with van der Waals surface area (Å²) in [5.74, 6) is 0.361. The second kappa shape index (κ2) is 6.60. The Labute approximate surface area is 126 Å². The smallest absolute Gasteiger partial charge is 0.140 e. The first kappa shape index (κ1) is 14.6. The molecule has 20 heavy (non-hydrogen) atoms. The predicted molar refractivity (Wildman–Crippen MR) is 76.5 cm³/mol. The number of halogens is 3. The van der Waals surface area contributed by atoms with Gasteiger partial charge in [-0.2, -0.15) is 5.26 Å². The molecule has 0 aliphatic rings. The summed E-state index contributed by atoms with van der Waals surface area (Å²) in [6, 6.07) is 11.3. The minimum Gasteiger partial charge on any atom is -0.489 e. The van der Waals surface area contributed by atoms with E-state index >= 15 is 0 Å². The van der Waals surface area contributed by atoms with E-state index in [1.807, 2.05) is 0 Å². The van der Waals surface area contributed by atoms with Crippen molar-refractivity contribution >= 4 is 23.2 Å². The zero-order valence-corrected chi connectivity index (χ0v) is 11.9. The molecule has 0 unspecified atom stereocenters.